The van der Waals surface area contributed by atoms with Gasteiger partial charge in [-0.15, -0.1) is 0 Å². The van der Waals surface area contributed by atoms with Gasteiger partial charge in [0.15, 0.2) is 0 Å². The molecule has 1 aromatic heterocycles. The Kier molecular flexibility index (Phi) is 3.01. The summed E-state index contributed by atoms with van der Waals surface area (Å²) in [5.41, 5.74) is 8.34. The minimum absolute atomic E-state index is 0.258. The first-order valence-electron chi connectivity index (χ1n) is 5.27. The molecule has 1 heterocycles. The van der Waals surface area contributed by atoms with Gasteiger partial charge < -0.3 is 5.73 Å². The summed E-state index contributed by atoms with van der Waals surface area (Å²) in [6.45, 7) is 3.12. The van der Waals surface area contributed by atoms with Gasteiger partial charge >= 0.3 is 0 Å². The summed E-state index contributed by atoms with van der Waals surface area (Å²) in [4.78, 5) is 0. The third-order valence-corrected chi connectivity index (χ3v) is 2.58. The Morgan fingerprint density at radius 1 is 1.38 bits per heavy atom. The van der Waals surface area contributed by atoms with Gasteiger partial charge in [0.05, 0.1) is 5.69 Å². The molecular formula is C12H14FN3. The molecule has 0 aliphatic carbocycles. The zero-order valence-electron chi connectivity index (χ0n) is 9.15. The van der Waals surface area contributed by atoms with Gasteiger partial charge in [-0.25, -0.2) is 4.39 Å². The molecule has 4 heteroatoms. The number of nitrogens with two attached hydrogens (primary N) is 1. The van der Waals surface area contributed by atoms with E-state index < -0.39 is 0 Å². The van der Waals surface area contributed by atoms with Crippen LogP contribution >= 0.6 is 0 Å². The van der Waals surface area contributed by atoms with Crippen LogP contribution in [0.3, 0.4) is 0 Å². The number of halogens is 1. The van der Waals surface area contributed by atoms with E-state index in [0.29, 0.717) is 6.54 Å². The molecular weight excluding hydrogens is 205 g/mol. The summed E-state index contributed by atoms with van der Waals surface area (Å²) in [6.07, 6.45) is 1.74. The van der Waals surface area contributed by atoms with Gasteiger partial charge in [-0.05, 0) is 36.8 Å². The van der Waals surface area contributed by atoms with Crippen molar-refractivity contribution in [2.75, 3.05) is 0 Å². The Hall–Kier alpha value is -1.68. The van der Waals surface area contributed by atoms with Crippen LogP contribution in [0.2, 0.25) is 0 Å². The number of hydrogen-bond donors (Lipinski definition) is 1. The molecule has 0 saturated carbocycles. The van der Waals surface area contributed by atoms with Crippen molar-refractivity contribution in [3.05, 3.63) is 41.8 Å². The largest absolute Gasteiger partial charge is 0.326 e. The van der Waals surface area contributed by atoms with E-state index in [1.54, 1.807) is 12.3 Å². The van der Waals surface area contributed by atoms with Crippen molar-refractivity contribution >= 4 is 0 Å². The maximum Gasteiger partial charge on any atom is 0.123 e. The monoisotopic (exact) mass is 219 g/mol. The highest BCUT2D eigenvalue weighted by Crippen LogP contribution is 2.24. The number of aryl methyl sites for hydroxylation is 1. The van der Waals surface area contributed by atoms with Crippen LogP contribution in [-0.2, 0) is 13.1 Å². The Labute approximate surface area is 93.7 Å². The number of benzene rings is 1. The van der Waals surface area contributed by atoms with Crippen LogP contribution in [0.1, 0.15) is 12.5 Å². The molecule has 0 radical (unpaired) electrons. The molecule has 1 aromatic carbocycles. The van der Waals surface area contributed by atoms with E-state index in [2.05, 4.69) is 5.10 Å². The van der Waals surface area contributed by atoms with E-state index in [4.69, 9.17) is 5.73 Å². The average molecular weight is 219 g/mol. The Bertz CT molecular complexity index is 491. The van der Waals surface area contributed by atoms with E-state index in [0.717, 1.165) is 23.4 Å². The fraction of sp³-hybridized carbons (Fsp3) is 0.250. The molecule has 2 aromatic rings. The zero-order chi connectivity index (χ0) is 11.5. The van der Waals surface area contributed by atoms with Gasteiger partial charge in [0.25, 0.3) is 0 Å². The first-order chi connectivity index (χ1) is 7.76. The first kappa shape index (κ1) is 10.8. The van der Waals surface area contributed by atoms with Crippen molar-refractivity contribution in [1.82, 2.24) is 9.78 Å². The second-order valence-electron chi connectivity index (χ2n) is 3.54. The second-order valence-corrected chi connectivity index (χ2v) is 3.54. The molecule has 2 rings (SSSR count). The molecule has 0 aliphatic rings. The molecule has 3 nitrogen and oxygen atoms in total. The highest BCUT2D eigenvalue weighted by molar-refractivity contribution is 5.63. The van der Waals surface area contributed by atoms with Gasteiger partial charge in [0.2, 0.25) is 0 Å². The van der Waals surface area contributed by atoms with Crippen molar-refractivity contribution in [1.29, 1.82) is 0 Å². The molecule has 0 bridgehead atoms. The molecule has 0 fully saturated rings. The van der Waals surface area contributed by atoms with Crippen LogP contribution in [0.25, 0.3) is 11.3 Å². The van der Waals surface area contributed by atoms with Crippen LogP contribution in [0, 0.1) is 5.82 Å². The van der Waals surface area contributed by atoms with Crippen LogP contribution in [-0.4, -0.2) is 9.78 Å². The number of hydrogen-bond acceptors (Lipinski definition) is 2. The highest BCUT2D eigenvalue weighted by atomic mass is 19.1. The van der Waals surface area contributed by atoms with Gasteiger partial charge in [0.1, 0.15) is 5.82 Å². The summed E-state index contributed by atoms with van der Waals surface area (Å²) >= 11 is 0. The lowest BCUT2D eigenvalue weighted by Gasteiger charge is -2.09. The van der Waals surface area contributed by atoms with Crippen LogP contribution in [0.15, 0.2) is 30.5 Å². The summed E-state index contributed by atoms with van der Waals surface area (Å²) in [5.74, 6) is -0.258. The van der Waals surface area contributed by atoms with Crippen LogP contribution < -0.4 is 5.73 Å². The predicted molar refractivity (Wildman–Crippen MR) is 61.2 cm³/mol. The Balaban J connectivity index is 2.55. The van der Waals surface area contributed by atoms with Crippen molar-refractivity contribution in [3.8, 4) is 11.3 Å². The second kappa shape index (κ2) is 4.45. The average Bonchev–Trinajstić information content (AvgIpc) is 2.76. The van der Waals surface area contributed by atoms with Crippen molar-refractivity contribution in [3.63, 3.8) is 0 Å². The zero-order valence-corrected chi connectivity index (χ0v) is 9.15. The third-order valence-electron chi connectivity index (χ3n) is 2.58. The number of rotatable bonds is 3. The fourth-order valence-corrected chi connectivity index (χ4v) is 1.79. The molecule has 0 saturated heterocycles. The van der Waals surface area contributed by atoms with Gasteiger partial charge in [-0.3, -0.25) is 4.68 Å². The topological polar surface area (TPSA) is 43.8 Å². The van der Waals surface area contributed by atoms with Crippen LogP contribution in [0.4, 0.5) is 4.39 Å². The number of aromatic nitrogens is 2. The lowest BCUT2D eigenvalue weighted by molar-refractivity contribution is 0.625. The molecule has 84 valence electrons. The van der Waals surface area contributed by atoms with Crippen LogP contribution in [0.5, 0.6) is 0 Å². The van der Waals surface area contributed by atoms with Gasteiger partial charge in [-0.2, -0.15) is 5.10 Å². The van der Waals surface area contributed by atoms with E-state index in [1.807, 2.05) is 17.7 Å². The lowest BCUT2D eigenvalue weighted by atomic mass is 10.0. The first-order valence-corrected chi connectivity index (χ1v) is 5.27. The van der Waals surface area contributed by atoms with Gasteiger partial charge in [0, 0.05) is 24.8 Å². The smallest absolute Gasteiger partial charge is 0.123 e. The maximum absolute atomic E-state index is 13.1. The standard InChI is InChI=1S/C12H14FN3/c1-2-16-12(5-6-15-16)11-4-3-10(13)7-9(11)8-14/h3-7H,2,8,14H2,1H3. The minimum atomic E-state index is -0.258. The quantitative estimate of drug-likeness (QED) is 0.859. The van der Waals surface area contributed by atoms with E-state index >= 15 is 0 Å². The highest BCUT2D eigenvalue weighted by Gasteiger charge is 2.09. The van der Waals surface area contributed by atoms with Gasteiger partial charge in [-0.1, -0.05) is 0 Å². The molecule has 0 spiro atoms. The van der Waals surface area contributed by atoms with Crippen molar-refractivity contribution in [2.24, 2.45) is 5.73 Å². The van der Waals surface area contributed by atoms with Crippen molar-refractivity contribution < 1.29 is 4.39 Å². The molecule has 16 heavy (non-hydrogen) atoms. The number of nitrogens with zero attached hydrogens (tertiary/aromatic N) is 2. The molecule has 2 N–H and O–H groups in total. The molecule has 0 atom stereocenters. The minimum Gasteiger partial charge on any atom is -0.326 e. The summed E-state index contributed by atoms with van der Waals surface area (Å²) in [6, 6.07) is 6.58. The van der Waals surface area contributed by atoms with E-state index in [9.17, 15) is 4.39 Å². The molecule has 0 amide bonds. The maximum atomic E-state index is 13.1. The Morgan fingerprint density at radius 2 is 2.19 bits per heavy atom. The fourth-order valence-electron chi connectivity index (χ4n) is 1.79. The van der Waals surface area contributed by atoms with Crippen molar-refractivity contribution in [2.45, 2.75) is 20.0 Å². The predicted octanol–water partition coefficient (Wildman–Crippen LogP) is 2.17. The Morgan fingerprint density at radius 3 is 2.88 bits per heavy atom. The summed E-state index contributed by atoms with van der Waals surface area (Å²) in [5, 5.41) is 4.19. The summed E-state index contributed by atoms with van der Waals surface area (Å²) in [7, 11) is 0. The third kappa shape index (κ3) is 1.84. The van der Waals surface area contributed by atoms with E-state index in [-0.39, 0.29) is 5.82 Å². The summed E-state index contributed by atoms with van der Waals surface area (Å²) < 4.78 is 14.9. The molecule has 0 unspecified atom stereocenters. The normalized spacial score (nSPS) is 10.7. The SMILES string of the molecule is CCn1nccc1-c1ccc(F)cc1CN. The lowest BCUT2D eigenvalue weighted by Crippen LogP contribution is -2.04. The molecule has 0 aliphatic heterocycles. The van der Waals surface area contributed by atoms with E-state index in [1.165, 1.54) is 12.1 Å².